The molecule has 1 fully saturated rings. The second kappa shape index (κ2) is 9.46. The van der Waals surface area contributed by atoms with Gasteiger partial charge in [0.25, 0.3) is 5.89 Å². The smallest absolute Gasteiger partial charge is 0.402 e. The van der Waals surface area contributed by atoms with Gasteiger partial charge in [-0.1, -0.05) is 41.5 Å². The second-order valence-electron chi connectivity index (χ2n) is 8.32. The van der Waals surface area contributed by atoms with Gasteiger partial charge < -0.3 is 19.4 Å². The molecule has 178 valence electrons. The van der Waals surface area contributed by atoms with E-state index in [-0.39, 0.29) is 23.6 Å². The summed E-state index contributed by atoms with van der Waals surface area (Å²) in [6.07, 6.45) is 1.18. The molecule has 0 saturated carbocycles. The van der Waals surface area contributed by atoms with E-state index in [0.717, 1.165) is 31.5 Å². The van der Waals surface area contributed by atoms with E-state index < -0.39 is 11.7 Å². The van der Waals surface area contributed by atoms with Crippen molar-refractivity contribution in [1.82, 2.24) is 15.2 Å². The molecule has 1 atom stereocenters. The first kappa shape index (κ1) is 22.4. The molecule has 0 unspecified atom stereocenters. The van der Waals surface area contributed by atoms with Gasteiger partial charge in [-0.15, -0.1) is 5.10 Å². The lowest BCUT2D eigenvalue weighted by molar-refractivity contribution is -0.137. The monoisotopic (exact) mass is 471 g/mol. The number of allylic oxidation sites excluding steroid dienone is 1. The highest BCUT2D eigenvalue weighted by Crippen LogP contribution is 2.36. The van der Waals surface area contributed by atoms with Crippen molar-refractivity contribution in [2.45, 2.75) is 31.5 Å². The predicted octanol–water partition coefficient (Wildman–Crippen LogP) is 5.04. The third-order valence-electron chi connectivity index (χ3n) is 6.02. The number of hydrogen-bond acceptors (Lipinski definition) is 7. The summed E-state index contributed by atoms with van der Waals surface area (Å²) in [7, 11) is 0. The van der Waals surface area contributed by atoms with Crippen molar-refractivity contribution >= 4 is 17.3 Å². The van der Waals surface area contributed by atoms with Crippen LogP contribution >= 0.6 is 0 Å². The average molecular weight is 471 g/mol. The lowest BCUT2D eigenvalue weighted by Crippen LogP contribution is -2.36. The highest BCUT2D eigenvalue weighted by molar-refractivity contribution is 5.71. The van der Waals surface area contributed by atoms with Crippen molar-refractivity contribution in [2.75, 3.05) is 36.5 Å². The summed E-state index contributed by atoms with van der Waals surface area (Å²) < 4.78 is 51.2. The number of rotatable bonds is 5. The Hall–Kier alpha value is -3.40. The van der Waals surface area contributed by atoms with Gasteiger partial charge in [-0.2, -0.15) is 13.2 Å². The molecule has 5 rings (SSSR count). The molecule has 0 spiro atoms. The fourth-order valence-electron chi connectivity index (χ4n) is 4.29. The van der Waals surface area contributed by atoms with Crippen molar-refractivity contribution in [2.24, 2.45) is 0 Å². The SMILES string of the molecule is FC(F)(F)c1cnc(-c2nnc(N[C@H]3CCC=C(c4ccccc4)C3)o2)c(N2CCOCC2)c1. The summed E-state index contributed by atoms with van der Waals surface area (Å²) in [6.45, 7) is 1.74. The van der Waals surface area contributed by atoms with Crippen LogP contribution in [0, 0.1) is 0 Å². The Morgan fingerprint density at radius 1 is 1.06 bits per heavy atom. The normalized spacial score (nSPS) is 19.1. The summed E-state index contributed by atoms with van der Waals surface area (Å²) in [5, 5.41) is 11.5. The number of alkyl halides is 3. The van der Waals surface area contributed by atoms with E-state index in [0.29, 0.717) is 32.0 Å². The van der Waals surface area contributed by atoms with Crippen molar-refractivity contribution in [1.29, 1.82) is 0 Å². The molecule has 34 heavy (non-hydrogen) atoms. The molecular weight excluding hydrogens is 447 g/mol. The fraction of sp³-hybridized carbons (Fsp3) is 0.375. The molecule has 1 aromatic carbocycles. The Kier molecular flexibility index (Phi) is 6.23. The number of anilines is 2. The van der Waals surface area contributed by atoms with Crippen LogP contribution in [0.25, 0.3) is 17.2 Å². The standard InChI is InChI=1S/C24H24F3N5O2/c25-24(26,27)18-14-20(32-9-11-33-12-10-32)21(28-15-18)22-30-31-23(34-22)29-19-8-4-7-17(13-19)16-5-2-1-3-6-16/h1-3,5-7,14-15,19H,4,8-13H2,(H,29,31)/t19-/m0/s1. The van der Waals surface area contributed by atoms with E-state index in [4.69, 9.17) is 9.15 Å². The van der Waals surface area contributed by atoms with Crippen LogP contribution in [-0.2, 0) is 10.9 Å². The topological polar surface area (TPSA) is 76.3 Å². The molecule has 1 aliphatic carbocycles. The maximum absolute atomic E-state index is 13.3. The summed E-state index contributed by atoms with van der Waals surface area (Å²) in [5.41, 5.74) is 2.15. The van der Waals surface area contributed by atoms with Crippen LogP contribution in [-0.4, -0.2) is 47.5 Å². The lowest BCUT2D eigenvalue weighted by atomic mass is 9.90. The van der Waals surface area contributed by atoms with Crippen LogP contribution in [0.3, 0.4) is 0 Å². The molecule has 2 aliphatic rings. The van der Waals surface area contributed by atoms with E-state index in [1.165, 1.54) is 11.1 Å². The first-order valence-corrected chi connectivity index (χ1v) is 11.2. The highest BCUT2D eigenvalue weighted by Gasteiger charge is 2.33. The van der Waals surface area contributed by atoms with Gasteiger partial charge in [-0.05, 0) is 36.5 Å². The minimum atomic E-state index is -4.50. The Labute approximate surface area is 194 Å². The van der Waals surface area contributed by atoms with Gasteiger partial charge in [0.2, 0.25) is 0 Å². The zero-order chi connectivity index (χ0) is 23.5. The van der Waals surface area contributed by atoms with Gasteiger partial charge in [-0.25, -0.2) is 4.98 Å². The van der Waals surface area contributed by atoms with Gasteiger partial charge in [0.1, 0.15) is 0 Å². The van der Waals surface area contributed by atoms with E-state index in [1.54, 1.807) is 4.90 Å². The molecule has 1 aliphatic heterocycles. The maximum atomic E-state index is 13.3. The van der Waals surface area contributed by atoms with Gasteiger partial charge in [0, 0.05) is 25.3 Å². The maximum Gasteiger partial charge on any atom is 0.417 e. The molecule has 7 nitrogen and oxygen atoms in total. The minimum absolute atomic E-state index is 0.0763. The largest absolute Gasteiger partial charge is 0.417 e. The van der Waals surface area contributed by atoms with E-state index >= 15 is 0 Å². The number of hydrogen-bond donors (Lipinski definition) is 1. The summed E-state index contributed by atoms with van der Waals surface area (Å²) in [5.74, 6) is 0.0763. The van der Waals surface area contributed by atoms with E-state index in [9.17, 15) is 13.2 Å². The quantitative estimate of drug-likeness (QED) is 0.559. The number of pyridine rings is 1. The van der Waals surface area contributed by atoms with Crippen molar-refractivity contribution < 1.29 is 22.3 Å². The van der Waals surface area contributed by atoms with Gasteiger partial charge in [0.05, 0.1) is 24.5 Å². The lowest BCUT2D eigenvalue weighted by Gasteiger charge is -2.30. The predicted molar refractivity (Wildman–Crippen MR) is 121 cm³/mol. The minimum Gasteiger partial charge on any atom is -0.402 e. The van der Waals surface area contributed by atoms with Crippen molar-refractivity contribution in [3.63, 3.8) is 0 Å². The number of nitrogens with zero attached hydrogens (tertiary/aromatic N) is 4. The molecule has 0 radical (unpaired) electrons. The third-order valence-corrected chi connectivity index (χ3v) is 6.02. The second-order valence-corrected chi connectivity index (χ2v) is 8.32. The Morgan fingerprint density at radius 2 is 1.85 bits per heavy atom. The van der Waals surface area contributed by atoms with Crippen LogP contribution in [0.15, 0.2) is 53.1 Å². The van der Waals surface area contributed by atoms with E-state index in [2.05, 4.69) is 38.7 Å². The van der Waals surface area contributed by atoms with Gasteiger partial charge in [-0.3, -0.25) is 0 Å². The fourth-order valence-corrected chi connectivity index (χ4v) is 4.29. The first-order chi connectivity index (χ1) is 16.5. The Bertz CT molecular complexity index is 1160. The van der Waals surface area contributed by atoms with Crippen LogP contribution in [0.1, 0.15) is 30.4 Å². The molecule has 1 N–H and O–H groups in total. The van der Waals surface area contributed by atoms with Crippen LogP contribution in [0.5, 0.6) is 0 Å². The molecule has 3 heterocycles. The zero-order valence-corrected chi connectivity index (χ0v) is 18.4. The molecule has 3 aromatic rings. The number of morpholine rings is 1. The molecule has 0 amide bonds. The number of aromatic nitrogens is 3. The number of benzene rings is 1. The van der Waals surface area contributed by atoms with E-state index in [1.807, 2.05) is 18.2 Å². The van der Waals surface area contributed by atoms with Crippen molar-refractivity contribution in [3.8, 4) is 11.6 Å². The Balaban J connectivity index is 1.36. The number of nitrogens with one attached hydrogen (secondary N) is 1. The summed E-state index contributed by atoms with van der Waals surface area (Å²) in [6, 6.07) is 11.6. The van der Waals surface area contributed by atoms with Crippen LogP contribution in [0.4, 0.5) is 24.9 Å². The molecule has 0 bridgehead atoms. The Morgan fingerprint density at radius 3 is 2.62 bits per heavy atom. The van der Waals surface area contributed by atoms with Crippen LogP contribution < -0.4 is 10.2 Å². The number of halogens is 3. The summed E-state index contributed by atoms with van der Waals surface area (Å²) in [4.78, 5) is 5.87. The number of ether oxygens (including phenoxy) is 1. The summed E-state index contributed by atoms with van der Waals surface area (Å²) >= 11 is 0. The molecule has 2 aromatic heterocycles. The molecular formula is C24H24F3N5O2. The highest BCUT2D eigenvalue weighted by atomic mass is 19.4. The van der Waals surface area contributed by atoms with Crippen LogP contribution in [0.2, 0.25) is 0 Å². The van der Waals surface area contributed by atoms with Crippen molar-refractivity contribution in [3.05, 3.63) is 59.8 Å². The third kappa shape index (κ3) is 4.91. The zero-order valence-electron chi connectivity index (χ0n) is 18.4. The molecule has 10 heteroatoms. The molecule has 1 saturated heterocycles. The van der Waals surface area contributed by atoms with Gasteiger partial charge in [0.15, 0.2) is 5.69 Å². The average Bonchev–Trinajstić information content (AvgIpc) is 3.32. The van der Waals surface area contributed by atoms with Gasteiger partial charge >= 0.3 is 12.2 Å². The first-order valence-electron chi connectivity index (χ1n) is 11.2.